The number of thiazole rings is 2. The van der Waals surface area contributed by atoms with Gasteiger partial charge in [-0.25, -0.2) is 9.97 Å². The second-order valence-corrected chi connectivity index (χ2v) is 7.03. The molecule has 3 nitrogen and oxygen atoms in total. The summed E-state index contributed by atoms with van der Waals surface area (Å²) in [5.74, 6) is 0.905. The molecule has 0 fully saturated rings. The highest BCUT2D eigenvalue weighted by molar-refractivity contribution is 8.00. The summed E-state index contributed by atoms with van der Waals surface area (Å²) in [6.45, 7) is 6.15. The molecule has 0 aliphatic rings. The number of anilines is 1. The quantitative estimate of drug-likeness (QED) is 0.869. The van der Waals surface area contributed by atoms with Crippen LogP contribution in [0.15, 0.2) is 4.21 Å². The second-order valence-electron chi connectivity index (χ2n) is 3.46. The van der Waals surface area contributed by atoms with Crippen LogP contribution in [0.1, 0.15) is 21.3 Å². The van der Waals surface area contributed by atoms with Gasteiger partial charge in [-0.1, -0.05) is 11.3 Å². The number of rotatable bonds is 3. The van der Waals surface area contributed by atoms with Gasteiger partial charge < -0.3 is 5.73 Å². The average Bonchev–Trinajstić information content (AvgIpc) is 2.68. The SMILES string of the molecule is Cc1nc(CSc2sc(N)nc2C)sc1C. The van der Waals surface area contributed by atoms with Crippen molar-refractivity contribution in [3.63, 3.8) is 0 Å². The maximum absolute atomic E-state index is 5.66. The van der Waals surface area contributed by atoms with Crippen molar-refractivity contribution in [1.29, 1.82) is 0 Å². The Balaban J connectivity index is 2.04. The molecule has 0 unspecified atom stereocenters. The minimum atomic E-state index is 0.645. The van der Waals surface area contributed by atoms with E-state index in [2.05, 4.69) is 23.8 Å². The van der Waals surface area contributed by atoms with Gasteiger partial charge in [-0.15, -0.1) is 23.1 Å². The van der Waals surface area contributed by atoms with Crippen LogP contribution >= 0.6 is 34.4 Å². The van der Waals surface area contributed by atoms with Gasteiger partial charge in [-0.3, -0.25) is 0 Å². The van der Waals surface area contributed by atoms with Crippen molar-refractivity contribution in [2.75, 3.05) is 5.73 Å². The van der Waals surface area contributed by atoms with E-state index in [1.54, 1.807) is 34.4 Å². The summed E-state index contributed by atoms with van der Waals surface area (Å²) < 4.78 is 1.20. The molecule has 2 heterocycles. The molecule has 2 aromatic rings. The summed E-state index contributed by atoms with van der Waals surface area (Å²) in [5, 5.41) is 1.82. The zero-order valence-corrected chi connectivity index (χ0v) is 11.9. The van der Waals surface area contributed by atoms with E-state index in [4.69, 9.17) is 5.73 Å². The van der Waals surface area contributed by atoms with Crippen LogP contribution < -0.4 is 5.73 Å². The molecule has 0 saturated heterocycles. The van der Waals surface area contributed by atoms with Crippen molar-refractivity contribution in [2.24, 2.45) is 0 Å². The minimum Gasteiger partial charge on any atom is -0.375 e. The van der Waals surface area contributed by atoms with Gasteiger partial charge in [0.05, 0.1) is 21.3 Å². The number of thioether (sulfide) groups is 1. The van der Waals surface area contributed by atoms with Gasteiger partial charge in [-0.05, 0) is 20.8 Å². The lowest BCUT2D eigenvalue weighted by molar-refractivity contribution is 1.16. The Bertz CT molecular complexity index is 482. The number of hydrogen-bond acceptors (Lipinski definition) is 6. The van der Waals surface area contributed by atoms with Crippen LogP contribution in [0.5, 0.6) is 0 Å². The summed E-state index contributed by atoms with van der Waals surface area (Å²) in [5.41, 5.74) is 7.82. The Morgan fingerprint density at radius 1 is 1.12 bits per heavy atom. The van der Waals surface area contributed by atoms with Gasteiger partial charge in [-0.2, -0.15) is 0 Å². The zero-order valence-electron chi connectivity index (χ0n) is 9.40. The molecule has 6 heteroatoms. The Morgan fingerprint density at radius 2 is 1.88 bits per heavy atom. The van der Waals surface area contributed by atoms with Crippen molar-refractivity contribution in [3.8, 4) is 0 Å². The first-order chi connectivity index (χ1) is 7.56. The highest BCUT2D eigenvalue weighted by Crippen LogP contribution is 2.33. The van der Waals surface area contributed by atoms with E-state index in [1.165, 1.54) is 14.1 Å². The normalized spacial score (nSPS) is 10.9. The lowest BCUT2D eigenvalue weighted by Gasteiger charge is -1.94. The van der Waals surface area contributed by atoms with Crippen molar-refractivity contribution in [2.45, 2.75) is 30.7 Å². The van der Waals surface area contributed by atoms with E-state index >= 15 is 0 Å². The molecule has 0 aliphatic carbocycles. The van der Waals surface area contributed by atoms with Crippen molar-refractivity contribution < 1.29 is 0 Å². The third kappa shape index (κ3) is 2.56. The fourth-order valence-electron chi connectivity index (χ4n) is 1.26. The Morgan fingerprint density at radius 3 is 2.38 bits per heavy atom. The number of nitrogens with zero attached hydrogens (tertiary/aromatic N) is 2. The second kappa shape index (κ2) is 4.73. The highest BCUT2D eigenvalue weighted by Gasteiger charge is 2.08. The van der Waals surface area contributed by atoms with E-state index in [-0.39, 0.29) is 0 Å². The van der Waals surface area contributed by atoms with Gasteiger partial charge in [0, 0.05) is 4.88 Å². The van der Waals surface area contributed by atoms with Crippen LogP contribution in [-0.2, 0) is 5.75 Å². The molecule has 0 spiro atoms. The maximum atomic E-state index is 5.66. The predicted octanol–water partition coefficient (Wildman–Crippen LogP) is 3.40. The average molecular weight is 271 g/mol. The highest BCUT2D eigenvalue weighted by atomic mass is 32.2. The summed E-state index contributed by atoms with van der Waals surface area (Å²) in [6, 6.07) is 0. The molecule has 0 bridgehead atoms. The number of nitrogen functional groups attached to an aromatic ring is 1. The van der Waals surface area contributed by atoms with Crippen LogP contribution in [-0.4, -0.2) is 9.97 Å². The Hall–Kier alpha value is -0.590. The summed E-state index contributed by atoms with van der Waals surface area (Å²) >= 11 is 5.09. The lowest BCUT2D eigenvalue weighted by atomic mass is 10.4. The van der Waals surface area contributed by atoms with E-state index in [1.807, 2.05) is 6.92 Å². The van der Waals surface area contributed by atoms with E-state index < -0.39 is 0 Å². The molecule has 16 heavy (non-hydrogen) atoms. The standard InChI is InChI=1S/C10H13N3S3/c1-5-7(3)15-8(12-5)4-14-9-6(2)13-10(11)16-9/h4H2,1-3H3,(H2,11,13). The molecule has 0 aliphatic heterocycles. The molecule has 2 rings (SSSR count). The van der Waals surface area contributed by atoms with Crippen LogP contribution in [0.4, 0.5) is 5.13 Å². The van der Waals surface area contributed by atoms with Gasteiger partial charge in [0.25, 0.3) is 0 Å². The molecular formula is C10H13N3S3. The van der Waals surface area contributed by atoms with Gasteiger partial charge in [0.1, 0.15) is 5.01 Å². The first kappa shape index (κ1) is 11.9. The number of nitrogens with two attached hydrogens (primary N) is 1. The zero-order chi connectivity index (χ0) is 11.7. The van der Waals surface area contributed by atoms with Crippen LogP contribution in [0, 0.1) is 20.8 Å². The fourth-order valence-corrected chi connectivity index (χ4v) is 4.21. The molecule has 86 valence electrons. The summed E-state index contributed by atoms with van der Waals surface area (Å²) in [4.78, 5) is 10.0. The topological polar surface area (TPSA) is 51.8 Å². The fraction of sp³-hybridized carbons (Fsp3) is 0.400. The van der Waals surface area contributed by atoms with Gasteiger partial charge in [0.15, 0.2) is 5.13 Å². The van der Waals surface area contributed by atoms with Gasteiger partial charge in [0.2, 0.25) is 0 Å². The van der Waals surface area contributed by atoms with Crippen LogP contribution in [0.3, 0.4) is 0 Å². The maximum Gasteiger partial charge on any atom is 0.181 e. The summed E-state index contributed by atoms with van der Waals surface area (Å²) in [7, 11) is 0. The van der Waals surface area contributed by atoms with Crippen LogP contribution in [0.25, 0.3) is 0 Å². The molecule has 0 saturated carbocycles. The van der Waals surface area contributed by atoms with Crippen molar-refractivity contribution in [3.05, 3.63) is 21.3 Å². The number of aromatic nitrogens is 2. The first-order valence-corrected chi connectivity index (χ1v) is 7.46. The summed E-state index contributed by atoms with van der Waals surface area (Å²) in [6.07, 6.45) is 0. The predicted molar refractivity (Wildman–Crippen MR) is 72.4 cm³/mol. The largest absolute Gasteiger partial charge is 0.375 e. The third-order valence-electron chi connectivity index (χ3n) is 2.17. The molecule has 0 amide bonds. The molecule has 0 radical (unpaired) electrons. The third-order valence-corrected chi connectivity index (χ3v) is 5.79. The molecule has 0 atom stereocenters. The minimum absolute atomic E-state index is 0.645. The Labute approximate surface area is 107 Å². The van der Waals surface area contributed by atoms with E-state index in [9.17, 15) is 0 Å². The van der Waals surface area contributed by atoms with E-state index in [0.717, 1.165) is 17.1 Å². The van der Waals surface area contributed by atoms with Gasteiger partial charge >= 0.3 is 0 Å². The van der Waals surface area contributed by atoms with E-state index in [0.29, 0.717) is 5.13 Å². The molecule has 2 aromatic heterocycles. The monoisotopic (exact) mass is 271 g/mol. The lowest BCUT2D eigenvalue weighted by Crippen LogP contribution is -1.81. The van der Waals surface area contributed by atoms with Crippen LogP contribution in [0.2, 0.25) is 0 Å². The molecule has 2 N–H and O–H groups in total. The molecule has 0 aromatic carbocycles. The van der Waals surface area contributed by atoms with Crippen molar-refractivity contribution >= 4 is 39.6 Å². The smallest absolute Gasteiger partial charge is 0.181 e. The van der Waals surface area contributed by atoms with Crippen molar-refractivity contribution in [1.82, 2.24) is 9.97 Å². The Kier molecular flexibility index (Phi) is 3.51. The molecular weight excluding hydrogens is 258 g/mol. The number of hydrogen-bond donors (Lipinski definition) is 1. The number of aryl methyl sites for hydroxylation is 3. The first-order valence-electron chi connectivity index (χ1n) is 4.85.